The Labute approximate surface area is 233 Å². The van der Waals surface area contributed by atoms with Crippen molar-refractivity contribution in [1.29, 1.82) is 0 Å². The SMILES string of the molecule is C=CC(O)c1ccc(Oc2c(-c3ccc(F)cc3C(C)(F)F)sc3c2ccc2c3cnn2C2CCCCO2)cc1. The average Bonchev–Trinajstić information content (AvgIpc) is 3.55. The number of benzene rings is 3. The Hall–Kier alpha value is -3.66. The number of aliphatic hydroxyl groups excluding tert-OH is 1. The number of alkyl halides is 2. The van der Waals surface area contributed by atoms with Gasteiger partial charge in [0.2, 0.25) is 0 Å². The Balaban J connectivity index is 1.54. The van der Waals surface area contributed by atoms with E-state index in [1.54, 1.807) is 30.5 Å². The summed E-state index contributed by atoms with van der Waals surface area (Å²) in [5.41, 5.74) is 1.29. The van der Waals surface area contributed by atoms with Crippen LogP contribution in [0.15, 0.2) is 73.4 Å². The normalized spacial score (nSPS) is 16.9. The first-order valence-electron chi connectivity index (χ1n) is 13.1. The lowest BCUT2D eigenvalue weighted by atomic mass is 10.00. The van der Waals surface area contributed by atoms with Gasteiger partial charge in [0.05, 0.1) is 22.7 Å². The van der Waals surface area contributed by atoms with Crippen molar-refractivity contribution < 1.29 is 27.8 Å². The van der Waals surface area contributed by atoms with Crippen molar-refractivity contribution in [2.45, 2.75) is 44.4 Å². The lowest BCUT2D eigenvalue weighted by Gasteiger charge is -2.23. The summed E-state index contributed by atoms with van der Waals surface area (Å²) in [4.78, 5) is 0.455. The quantitative estimate of drug-likeness (QED) is 0.201. The number of aliphatic hydroxyl groups is 1. The highest BCUT2D eigenvalue weighted by Crippen LogP contribution is 2.51. The van der Waals surface area contributed by atoms with Crippen LogP contribution < -0.4 is 4.74 Å². The van der Waals surface area contributed by atoms with Crippen molar-refractivity contribution >= 4 is 32.3 Å². The summed E-state index contributed by atoms with van der Waals surface area (Å²) in [6.45, 7) is 5.04. The van der Waals surface area contributed by atoms with E-state index in [9.17, 15) is 18.3 Å². The summed E-state index contributed by atoms with van der Waals surface area (Å²) < 4.78 is 58.7. The van der Waals surface area contributed by atoms with Crippen molar-refractivity contribution in [3.05, 3.63) is 90.4 Å². The molecule has 3 aromatic carbocycles. The summed E-state index contributed by atoms with van der Waals surface area (Å²) in [6, 6.07) is 14.1. The number of ether oxygens (including phenoxy) is 2. The zero-order valence-corrected chi connectivity index (χ0v) is 22.6. The Morgan fingerprint density at radius 3 is 2.65 bits per heavy atom. The summed E-state index contributed by atoms with van der Waals surface area (Å²) in [5, 5.41) is 16.3. The maximum absolute atomic E-state index is 14.7. The molecule has 1 fully saturated rings. The molecule has 0 radical (unpaired) electrons. The van der Waals surface area contributed by atoms with Gasteiger partial charge in [-0.3, -0.25) is 0 Å². The largest absolute Gasteiger partial charge is 0.455 e. The van der Waals surface area contributed by atoms with Crippen LogP contribution in [-0.2, 0) is 10.7 Å². The van der Waals surface area contributed by atoms with Gasteiger partial charge in [-0.05, 0) is 61.2 Å². The van der Waals surface area contributed by atoms with Crippen molar-refractivity contribution in [2.24, 2.45) is 0 Å². The Kier molecular flexibility index (Phi) is 6.90. The highest BCUT2D eigenvalue weighted by molar-refractivity contribution is 7.23. The first kappa shape index (κ1) is 26.6. The Morgan fingerprint density at radius 1 is 1.15 bits per heavy atom. The molecule has 40 heavy (non-hydrogen) atoms. The van der Waals surface area contributed by atoms with Crippen molar-refractivity contribution in [3.63, 3.8) is 0 Å². The van der Waals surface area contributed by atoms with Crippen LogP contribution in [0.2, 0.25) is 0 Å². The molecule has 0 aliphatic carbocycles. The molecule has 2 atom stereocenters. The molecule has 0 spiro atoms. The minimum atomic E-state index is -3.29. The molecule has 3 heterocycles. The zero-order chi connectivity index (χ0) is 28.0. The molecule has 5 aromatic rings. The number of rotatable bonds is 7. The van der Waals surface area contributed by atoms with E-state index < -0.39 is 23.4 Å². The van der Waals surface area contributed by atoms with Crippen LogP contribution in [0.3, 0.4) is 0 Å². The molecule has 206 valence electrons. The van der Waals surface area contributed by atoms with E-state index in [0.29, 0.717) is 28.5 Å². The molecule has 1 aliphatic rings. The van der Waals surface area contributed by atoms with E-state index in [-0.39, 0.29) is 11.8 Å². The molecular formula is C31H27F3N2O3S. The van der Waals surface area contributed by atoms with Gasteiger partial charge >= 0.3 is 0 Å². The monoisotopic (exact) mass is 564 g/mol. The minimum Gasteiger partial charge on any atom is -0.455 e. The van der Waals surface area contributed by atoms with Crippen LogP contribution in [0.5, 0.6) is 11.5 Å². The number of fused-ring (bicyclic) bond motifs is 3. The molecule has 1 aliphatic heterocycles. The maximum atomic E-state index is 14.7. The summed E-state index contributed by atoms with van der Waals surface area (Å²) >= 11 is 1.31. The first-order valence-corrected chi connectivity index (χ1v) is 13.9. The molecule has 2 unspecified atom stereocenters. The van der Waals surface area contributed by atoms with Gasteiger partial charge < -0.3 is 14.6 Å². The number of hydrogen-bond donors (Lipinski definition) is 1. The number of halogens is 3. The van der Waals surface area contributed by atoms with Crippen molar-refractivity contribution in [1.82, 2.24) is 9.78 Å². The fourth-order valence-corrected chi connectivity index (χ4v) is 6.42. The van der Waals surface area contributed by atoms with Gasteiger partial charge in [0, 0.05) is 40.1 Å². The third kappa shape index (κ3) is 4.78. The molecule has 9 heteroatoms. The van der Waals surface area contributed by atoms with Gasteiger partial charge in [-0.25, -0.2) is 17.9 Å². The molecule has 1 saturated heterocycles. The highest BCUT2D eigenvalue weighted by Gasteiger charge is 2.31. The minimum absolute atomic E-state index is 0.161. The first-order chi connectivity index (χ1) is 19.2. The van der Waals surface area contributed by atoms with Gasteiger partial charge in [-0.15, -0.1) is 17.9 Å². The van der Waals surface area contributed by atoms with Gasteiger partial charge in [0.1, 0.15) is 11.6 Å². The highest BCUT2D eigenvalue weighted by atomic mass is 32.1. The second-order valence-corrected chi connectivity index (χ2v) is 11.0. The topological polar surface area (TPSA) is 56.5 Å². The van der Waals surface area contributed by atoms with E-state index >= 15 is 0 Å². The van der Waals surface area contributed by atoms with Gasteiger partial charge in [-0.1, -0.05) is 24.3 Å². The number of thiophene rings is 1. The van der Waals surface area contributed by atoms with Crippen LogP contribution in [0.1, 0.15) is 49.6 Å². The molecule has 2 aromatic heterocycles. The standard InChI is InChI=1S/C31H27F3N2O3S/c1-3-26(37)18-7-10-20(11-8-18)39-28-22-13-14-25-23(17-35-36(25)27-6-4-5-15-38-27)29(22)40-30(28)21-12-9-19(32)16-24(21)31(2,33)34/h3,7-14,16-17,26-27,37H,1,4-6,15H2,2H3. The third-order valence-electron chi connectivity index (χ3n) is 7.18. The number of aromatic nitrogens is 2. The van der Waals surface area contributed by atoms with Gasteiger partial charge in [-0.2, -0.15) is 5.10 Å². The van der Waals surface area contributed by atoms with Crippen LogP contribution in [0, 0.1) is 5.82 Å². The molecule has 5 nitrogen and oxygen atoms in total. The molecule has 0 bridgehead atoms. The summed E-state index contributed by atoms with van der Waals surface area (Å²) in [5.74, 6) is -3.18. The zero-order valence-electron chi connectivity index (χ0n) is 21.7. The predicted octanol–water partition coefficient (Wildman–Crippen LogP) is 8.88. The van der Waals surface area contributed by atoms with Crippen LogP contribution in [0.4, 0.5) is 13.2 Å². The van der Waals surface area contributed by atoms with Crippen molar-refractivity contribution in [3.8, 4) is 21.9 Å². The second kappa shape index (κ2) is 10.4. The Bertz CT molecular complexity index is 1700. The fraction of sp³-hybridized carbons (Fsp3) is 0.258. The van der Waals surface area contributed by atoms with Gasteiger partial charge in [0.15, 0.2) is 12.0 Å². The van der Waals surface area contributed by atoms with E-state index in [4.69, 9.17) is 9.47 Å². The van der Waals surface area contributed by atoms with Crippen LogP contribution in [0.25, 0.3) is 31.4 Å². The van der Waals surface area contributed by atoms with Crippen LogP contribution in [-0.4, -0.2) is 21.5 Å². The molecule has 6 rings (SSSR count). The molecule has 0 saturated carbocycles. The lowest BCUT2D eigenvalue weighted by molar-refractivity contribution is -0.0366. The van der Waals surface area contributed by atoms with Crippen molar-refractivity contribution in [2.75, 3.05) is 6.61 Å². The van der Waals surface area contributed by atoms with Gasteiger partial charge in [0.25, 0.3) is 5.92 Å². The van der Waals surface area contributed by atoms with E-state index in [0.717, 1.165) is 53.2 Å². The number of hydrogen-bond acceptors (Lipinski definition) is 5. The smallest absolute Gasteiger partial charge is 0.271 e. The maximum Gasteiger partial charge on any atom is 0.271 e. The predicted molar refractivity (Wildman–Crippen MR) is 151 cm³/mol. The molecular weight excluding hydrogens is 537 g/mol. The van der Waals surface area contributed by atoms with Crippen LogP contribution >= 0.6 is 11.3 Å². The lowest BCUT2D eigenvalue weighted by Crippen LogP contribution is -2.18. The fourth-order valence-electron chi connectivity index (χ4n) is 5.14. The average molecular weight is 565 g/mol. The third-order valence-corrected chi connectivity index (χ3v) is 8.43. The summed E-state index contributed by atoms with van der Waals surface area (Å²) in [7, 11) is 0. The second-order valence-electron chi connectivity index (χ2n) is 9.98. The Morgan fingerprint density at radius 2 is 1.95 bits per heavy atom. The van der Waals surface area contributed by atoms with E-state index in [2.05, 4.69) is 11.7 Å². The summed E-state index contributed by atoms with van der Waals surface area (Å²) in [6.07, 6.45) is 5.14. The van der Waals surface area contributed by atoms with E-state index in [1.165, 1.54) is 29.5 Å². The number of nitrogens with zero attached hydrogens (tertiary/aromatic N) is 2. The molecule has 0 amide bonds. The molecule has 1 N–H and O–H groups in total. The van der Waals surface area contributed by atoms with E-state index in [1.807, 2.05) is 16.8 Å².